The Morgan fingerprint density at radius 3 is 2.78 bits per heavy atom. The highest BCUT2D eigenvalue weighted by molar-refractivity contribution is 5.86. The van der Waals surface area contributed by atoms with Crippen LogP contribution in [0.3, 0.4) is 0 Å². The van der Waals surface area contributed by atoms with E-state index in [2.05, 4.69) is 20.1 Å². The van der Waals surface area contributed by atoms with Gasteiger partial charge in [-0.05, 0) is 49.4 Å². The summed E-state index contributed by atoms with van der Waals surface area (Å²) in [5.41, 5.74) is 1.50. The number of carboxylic acids is 1. The summed E-state index contributed by atoms with van der Waals surface area (Å²) in [7, 11) is 0. The molecule has 4 atom stereocenters. The zero-order valence-electron chi connectivity index (χ0n) is 11.0. The van der Waals surface area contributed by atoms with Crippen LogP contribution >= 0.6 is 0 Å². The molecule has 2 saturated carbocycles. The summed E-state index contributed by atoms with van der Waals surface area (Å²) in [5.74, 6) is -0.492. The largest absolute Gasteiger partial charge is 0.478 e. The van der Waals surface area contributed by atoms with Gasteiger partial charge in [0.05, 0.1) is 6.10 Å². The van der Waals surface area contributed by atoms with E-state index < -0.39 is 5.97 Å². The number of carboxylic acid groups (broad SMARTS) is 1. The standard InChI is InChI=1S/C15H22O3/c1-9-6-12(16)8-15(3)5-4-11(7-13(9)15)10(2)14(17)18/h11-13,16H,1-2,4-8H2,3H3,(H,17,18). The zero-order chi connectivity index (χ0) is 13.5. The van der Waals surface area contributed by atoms with E-state index in [1.165, 1.54) is 0 Å². The SMILES string of the molecule is C=C(C(=O)O)C1CCC2(C)CC(O)CC(=C)C2C1. The fourth-order valence-electron chi connectivity index (χ4n) is 3.82. The molecule has 0 aromatic rings. The van der Waals surface area contributed by atoms with Crippen LogP contribution < -0.4 is 0 Å². The molecule has 0 bridgehead atoms. The minimum atomic E-state index is -0.884. The fourth-order valence-corrected chi connectivity index (χ4v) is 3.82. The smallest absolute Gasteiger partial charge is 0.331 e. The van der Waals surface area contributed by atoms with Gasteiger partial charge in [0.15, 0.2) is 0 Å². The Morgan fingerprint density at radius 2 is 2.17 bits per heavy atom. The van der Waals surface area contributed by atoms with Gasteiger partial charge in [0.1, 0.15) is 0 Å². The van der Waals surface area contributed by atoms with Crippen LogP contribution in [0.5, 0.6) is 0 Å². The number of rotatable bonds is 2. The molecule has 0 spiro atoms. The molecule has 2 rings (SSSR count). The number of carbonyl (C=O) groups is 1. The lowest BCUT2D eigenvalue weighted by Crippen LogP contribution is -2.43. The number of aliphatic carboxylic acids is 1. The zero-order valence-corrected chi connectivity index (χ0v) is 11.0. The molecule has 2 fully saturated rings. The number of hydrogen-bond acceptors (Lipinski definition) is 2. The summed E-state index contributed by atoms with van der Waals surface area (Å²) in [6, 6.07) is 0. The first kappa shape index (κ1) is 13.3. The van der Waals surface area contributed by atoms with Gasteiger partial charge in [0, 0.05) is 5.57 Å². The minimum absolute atomic E-state index is 0.0626. The van der Waals surface area contributed by atoms with Crippen molar-refractivity contribution in [3.63, 3.8) is 0 Å². The fraction of sp³-hybridized carbons (Fsp3) is 0.667. The van der Waals surface area contributed by atoms with Gasteiger partial charge >= 0.3 is 5.97 Å². The minimum Gasteiger partial charge on any atom is -0.478 e. The quantitative estimate of drug-likeness (QED) is 0.585. The van der Waals surface area contributed by atoms with Gasteiger partial charge in [0.2, 0.25) is 0 Å². The Kier molecular flexibility index (Phi) is 3.37. The maximum Gasteiger partial charge on any atom is 0.331 e. The molecule has 100 valence electrons. The topological polar surface area (TPSA) is 57.5 Å². The first-order valence-corrected chi connectivity index (χ1v) is 6.61. The molecule has 2 N–H and O–H groups in total. The van der Waals surface area contributed by atoms with Gasteiger partial charge in [-0.25, -0.2) is 4.79 Å². The molecule has 0 aromatic heterocycles. The van der Waals surface area contributed by atoms with Crippen molar-refractivity contribution in [1.82, 2.24) is 0 Å². The number of aliphatic hydroxyl groups is 1. The molecule has 18 heavy (non-hydrogen) atoms. The molecule has 4 unspecified atom stereocenters. The normalized spacial score (nSPS) is 40.1. The van der Waals surface area contributed by atoms with Crippen molar-refractivity contribution >= 4 is 5.97 Å². The average molecular weight is 250 g/mol. The summed E-state index contributed by atoms with van der Waals surface area (Å²) < 4.78 is 0. The average Bonchev–Trinajstić information content (AvgIpc) is 2.26. The van der Waals surface area contributed by atoms with Crippen LogP contribution in [-0.2, 0) is 4.79 Å². The van der Waals surface area contributed by atoms with Crippen molar-refractivity contribution in [3.05, 3.63) is 24.3 Å². The summed E-state index contributed by atoms with van der Waals surface area (Å²) >= 11 is 0. The van der Waals surface area contributed by atoms with E-state index in [1.54, 1.807) is 0 Å². The van der Waals surface area contributed by atoms with Gasteiger partial charge in [0.25, 0.3) is 0 Å². The molecule has 3 nitrogen and oxygen atoms in total. The van der Waals surface area contributed by atoms with Crippen molar-refractivity contribution in [1.29, 1.82) is 0 Å². The lowest BCUT2D eigenvalue weighted by molar-refractivity contribution is -0.133. The van der Waals surface area contributed by atoms with Crippen LogP contribution in [0.2, 0.25) is 0 Å². The van der Waals surface area contributed by atoms with E-state index in [0.717, 1.165) is 31.3 Å². The lowest BCUT2D eigenvalue weighted by Gasteiger charge is -2.50. The van der Waals surface area contributed by atoms with Crippen molar-refractivity contribution in [2.45, 2.75) is 45.1 Å². The maximum atomic E-state index is 11.0. The van der Waals surface area contributed by atoms with E-state index in [9.17, 15) is 9.90 Å². The van der Waals surface area contributed by atoms with E-state index >= 15 is 0 Å². The molecule has 0 radical (unpaired) electrons. The molecule has 2 aliphatic carbocycles. The molecule has 0 aliphatic heterocycles. The first-order valence-electron chi connectivity index (χ1n) is 6.61. The van der Waals surface area contributed by atoms with E-state index in [1.807, 2.05) is 0 Å². The molecule has 0 heterocycles. The monoisotopic (exact) mass is 250 g/mol. The predicted molar refractivity (Wildman–Crippen MR) is 70.1 cm³/mol. The highest BCUT2D eigenvalue weighted by Gasteiger charge is 2.46. The van der Waals surface area contributed by atoms with Crippen molar-refractivity contribution in [2.24, 2.45) is 17.3 Å². The number of aliphatic hydroxyl groups excluding tert-OH is 1. The van der Waals surface area contributed by atoms with E-state index in [0.29, 0.717) is 17.9 Å². The van der Waals surface area contributed by atoms with E-state index in [4.69, 9.17) is 5.11 Å². The number of fused-ring (bicyclic) bond motifs is 1. The van der Waals surface area contributed by atoms with Crippen LogP contribution in [0.25, 0.3) is 0 Å². The van der Waals surface area contributed by atoms with Gasteiger partial charge in [-0.1, -0.05) is 25.7 Å². The molecule has 3 heteroatoms. The van der Waals surface area contributed by atoms with Crippen LogP contribution in [0.1, 0.15) is 39.0 Å². The first-order chi connectivity index (χ1) is 8.33. The Hall–Kier alpha value is -1.09. The molecule has 2 aliphatic rings. The maximum absolute atomic E-state index is 11.0. The third kappa shape index (κ3) is 2.24. The summed E-state index contributed by atoms with van der Waals surface area (Å²) in [5, 5.41) is 18.9. The molecular weight excluding hydrogens is 228 g/mol. The lowest BCUT2D eigenvalue weighted by atomic mass is 9.55. The summed E-state index contributed by atoms with van der Waals surface area (Å²) in [4.78, 5) is 11.0. The van der Waals surface area contributed by atoms with Crippen LogP contribution in [-0.4, -0.2) is 22.3 Å². The van der Waals surface area contributed by atoms with Crippen molar-refractivity contribution in [2.75, 3.05) is 0 Å². The second kappa shape index (κ2) is 4.54. The van der Waals surface area contributed by atoms with Gasteiger partial charge in [-0.2, -0.15) is 0 Å². The van der Waals surface area contributed by atoms with Crippen LogP contribution in [0.15, 0.2) is 24.3 Å². The predicted octanol–water partition coefficient (Wildman–Crippen LogP) is 2.76. The number of hydrogen-bond donors (Lipinski definition) is 2. The van der Waals surface area contributed by atoms with Crippen molar-refractivity contribution < 1.29 is 15.0 Å². The summed E-state index contributed by atoms with van der Waals surface area (Å²) in [6.45, 7) is 9.99. The molecule has 0 aromatic carbocycles. The second-order valence-electron chi connectivity index (χ2n) is 6.23. The third-order valence-electron chi connectivity index (χ3n) is 4.89. The Bertz CT molecular complexity index is 399. The third-order valence-corrected chi connectivity index (χ3v) is 4.89. The Labute approximate surface area is 108 Å². The van der Waals surface area contributed by atoms with Gasteiger partial charge in [-0.3, -0.25) is 0 Å². The second-order valence-corrected chi connectivity index (χ2v) is 6.23. The Morgan fingerprint density at radius 1 is 1.50 bits per heavy atom. The molecule has 0 saturated heterocycles. The summed E-state index contributed by atoms with van der Waals surface area (Å²) in [6.07, 6.45) is 3.82. The highest BCUT2D eigenvalue weighted by atomic mass is 16.4. The van der Waals surface area contributed by atoms with Crippen LogP contribution in [0, 0.1) is 17.3 Å². The van der Waals surface area contributed by atoms with Crippen LogP contribution in [0.4, 0.5) is 0 Å². The van der Waals surface area contributed by atoms with E-state index in [-0.39, 0.29) is 17.4 Å². The van der Waals surface area contributed by atoms with Crippen molar-refractivity contribution in [3.8, 4) is 0 Å². The Balaban J connectivity index is 2.16. The van der Waals surface area contributed by atoms with Gasteiger partial charge in [-0.15, -0.1) is 0 Å². The molecular formula is C15H22O3. The van der Waals surface area contributed by atoms with Gasteiger partial charge < -0.3 is 10.2 Å². The molecule has 0 amide bonds. The highest BCUT2D eigenvalue weighted by Crippen LogP contribution is 2.54.